The molecular weight excluding hydrogens is 234 g/mol. The summed E-state index contributed by atoms with van der Waals surface area (Å²) < 4.78 is 0. The summed E-state index contributed by atoms with van der Waals surface area (Å²) in [4.78, 5) is 5.10. The van der Waals surface area contributed by atoms with Gasteiger partial charge in [-0.05, 0) is 25.1 Å². The zero-order chi connectivity index (χ0) is 13.2. The number of nitrogens with one attached hydrogen (secondary N) is 1. The van der Waals surface area contributed by atoms with Gasteiger partial charge in [0.2, 0.25) is 0 Å². The topological polar surface area (TPSA) is 18.5 Å². The summed E-state index contributed by atoms with van der Waals surface area (Å²) in [5.74, 6) is 0.653. The summed E-state index contributed by atoms with van der Waals surface area (Å²) >= 11 is 0. The highest BCUT2D eigenvalue weighted by Crippen LogP contribution is 2.25. The Morgan fingerprint density at radius 3 is 2.95 bits per heavy atom. The van der Waals surface area contributed by atoms with E-state index in [1.54, 1.807) is 5.56 Å². The number of rotatable bonds is 2. The van der Waals surface area contributed by atoms with Crippen molar-refractivity contribution < 1.29 is 0 Å². The molecule has 2 unspecified atom stereocenters. The van der Waals surface area contributed by atoms with E-state index >= 15 is 0 Å². The molecule has 2 atom stereocenters. The molecule has 19 heavy (non-hydrogen) atoms. The molecule has 2 aliphatic rings. The van der Waals surface area contributed by atoms with Gasteiger partial charge in [-0.15, -0.1) is 0 Å². The maximum atomic E-state index is 3.56. The normalized spacial score (nSPS) is 29.2. The highest BCUT2D eigenvalue weighted by molar-refractivity contribution is 5.32. The van der Waals surface area contributed by atoms with Crippen molar-refractivity contribution in [1.29, 1.82) is 0 Å². The van der Waals surface area contributed by atoms with Crippen LogP contribution in [0.5, 0.6) is 0 Å². The van der Waals surface area contributed by atoms with Crippen LogP contribution in [0.25, 0.3) is 0 Å². The molecule has 3 heteroatoms. The lowest BCUT2D eigenvalue weighted by Gasteiger charge is -2.40. The standard InChI is InChI=1S/C16H25N3/c1-13-11-19(8-7-18(13)2)12-15-10-17-9-14-5-3-4-6-16(14)15/h3-6,13,15,17H,7-12H2,1-2H3. The van der Waals surface area contributed by atoms with Gasteiger partial charge in [-0.25, -0.2) is 0 Å². The van der Waals surface area contributed by atoms with Gasteiger partial charge in [0.15, 0.2) is 0 Å². The number of nitrogens with zero attached hydrogens (tertiary/aromatic N) is 2. The van der Waals surface area contributed by atoms with Crippen LogP contribution in [0, 0.1) is 0 Å². The lowest BCUT2D eigenvalue weighted by atomic mass is 9.90. The van der Waals surface area contributed by atoms with E-state index in [0.29, 0.717) is 12.0 Å². The highest BCUT2D eigenvalue weighted by atomic mass is 15.3. The first kappa shape index (κ1) is 13.1. The molecule has 1 N–H and O–H groups in total. The Balaban J connectivity index is 1.68. The van der Waals surface area contributed by atoms with Crippen LogP contribution in [0.15, 0.2) is 24.3 Å². The van der Waals surface area contributed by atoms with Gasteiger partial charge in [0.05, 0.1) is 0 Å². The van der Waals surface area contributed by atoms with Gasteiger partial charge < -0.3 is 10.2 Å². The molecule has 1 fully saturated rings. The van der Waals surface area contributed by atoms with E-state index in [1.165, 1.54) is 31.7 Å². The zero-order valence-electron chi connectivity index (χ0n) is 12.1. The quantitative estimate of drug-likeness (QED) is 0.868. The van der Waals surface area contributed by atoms with Gasteiger partial charge in [-0.2, -0.15) is 0 Å². The molecular formula is C16H25N3. The van der Waals surface area contributed by atoms with Crippen molar-refractivity contribution in [2.45, 2.75) is 25.4 Å². The lowest BCUT2D eigenvalue weighted by molar-refractivity contribution is 0.0992. The average molecular weight is 259 g/mol. The maximum absolute atomic E-state index is 3.56. The third kappa shape index (κ3) is 2.83. The first-order valence-corrected chi connectivity index (χ1v) is 7.45. The second-order valence-corrected chi connectivity index (χ2v) is 6.12. The second kappa shape index (κ2) is 5.61. The Hall–Kier alpha value is -0.900. The summed E-state index contributed by atoms with van der Waals surface area (Å²) in [6.45, 7) is 9.29. The van der Waals surface area contributed by atoms with Crippen LogP contribution in [0.1, 0.15) is 24.0 Å². The molecule has 1 aromatic carbocycles. The fourth-order valence-electron chi connectivity index (χ4n) is 3.35. The molecule has 0 radical (unpaired) electrons. The minimum Gasteiger partial charge on any atom is -0.312 e. The third-order valence-electron chi connectivity index (χ3n) is 4.72. The molecule has 0 aliphatic carbocycles. The molecule has 0 spiro atoms. The van der Waals surface area contributed by atoms with Gasteiger partial charge in [0.25, 0.3) is 0 Å². The van der Waals surface area contributed by atoms with Crippen LogP contribution in [-0.4, -0.2) is 55.6 Å². The highest BCUT2D eigenvalue weighted by Gasteiger charge is 2.26. The summed E-state index contributed by atoms with van der Waals surface area (Å²) in [6.07, 6.45) is 0. The first-order chi connectivity index (χ1) is 9.24. The van der Waals surface area contributed by atoms with E-state index in [1.807, 2.05) is 0 Å². The van der Waals surface area contributed by atoms with Crippen molar-refractivity contribution in [2.75, 3.05) is 39.8 Å². The predicted octanol–water partition coefficient (Wildman–Crippen LogP) is 1.51. The minimum atomic E-state index is 0.653. The van der Waals surface area contributed by atoms with Gasteiger partial charge in [-0.1, -0.05) is 24.3 Å². The fourth-order valence-corrected chi connectivity index (χ4v) is 3.35. The van der Waals surface area contributed by atoms with Gasteiger partial charge in [0, 0.05) is 51.2 Å². The van der Waals surface area contributed by atoms with E-state index in [0.717, 1.165) is 13.1 Å². The molecule has 0 aromatic heterocycles. The van der Waals surface area contributed by atoms with E-state index in [-0.39, 0.29) is 0 Å². The molecule has 3 nitrogen and oxygen atoms in total. The van der Waals surface area contributed by atoms with Crippen LogP contribution >= 0.6 is 0 Å². The molecule has 0 saturated carbocycles. The minimum absolute atomic E-state index is 0.653. The molecule has 104 valence electrons. The summed E-state index contributed by atoms with van der Waals surface area (Å²) in [5.41, 5.74) is 3.05. The van der Waals surface area contributed by atoms with Gasteiger partial charge in [0.1, 0.15) is 0 Å². The Bertz CT molecular complexity index is 432. The van der Waals surface area contributed by atoms with Crippen molar-refractivity contribution in [1.82, 2.24) is 15.1 Å². The molecule has 0 bridgehead atoms. The Labute approximate surface area is 116 Å². The molecule has 0 amide bonds. The molecule has 2 heterocycles. The molecule has 2 aliphatic heterocycles. The Morgan fingerprint density at radius 2 is 2.11 bits per heavy atom. The van der Waals surface area contributed by atoms with Crippen molar-refractivity contribution >= 4 is 0 Å². The lowest BCUT2D eigenvalue weighted by Crippen LogP contribution is -2.51. The number of benzene rings is 1. The van der Waals surface area contributed by atoms with Crippen molar-refractivity contribution in [2.24, 2.45) is 0 Å². The van der Waals surface area contributed by atoms with E-state index in [9.17, 15) is 0 Å². The fraction of sp³-hybridized carbons (Fsp3) is 0.625. The number of likely N-dealkylation sites (N-methyl/N-ethyl adjacent to an activating group) is 1. The number of hydrogen-bond donors (Lipinski definition) is 1. The third-order valence-corrected chi connectivity index (χ3v) is 4.72. The van der Waals surface area contributed by atoms with Crippen LogP contribution in [0.4, 0.5) is 0 Å². The van der Waals surface area contributed by atoms with Crippen LogP contribution < -0.4 is 5.32 Å². The predicted molar refractivity (Wildman–Crippen MR) is 79.4 cm³/mol. The average Bonchev–Trinajstić information content (AvgIpc) is 2.43. The number of piperazine rings is 1. The van der Waals surface area contributed by atoms with Crippen molar-refractivity contribution in [3.63, 3.8) is 0 Å². The molecule has 1 saturated heterocycles. The number of hydrogen-bond acceptors (Lipinski definition) is 3. The van der Waals surface area contributed by atoms with E-state index in [4.69, 9.17) is 0 Å². The van der Waals surface area contributed by atoms with Crippen molar-refractivity contribution in [3.05, 3.63) is 35.4 Å². The van der Waals surface area contributed by atoms with Crippen LogP contribution in [0.2, 0.25) is 0 Å². The summed E-state index contributed by atoms with van der Waals surface area (Å²) in [7, 11) is 2.24. The van der Waals surface area contributed by atoms with E-state index < -0.39 is 0 Å². The molecule has 3 rings (SSSR count). The summed E-state index contributed by atoms with van der Waals surface area (Å²) in [5, 5.41) is 3.56. The van der Waals surface area contributed by atoms with Crippen LogP contribution in [-0.2, 0) is 6.54 Å². The second-order valence-electron chi connectivity index (χ2n) is 6.12. The van der Waals surface area contributed by atoms with Crippen LogP contribution in [0.3, 0.4) is 0 Å². The summed E-state index contributed by atoms with van der Waals surface area (Å²) in [6, 6.07) is 9.60. The Morgan fingerprint density at radius 1 is 1.26 bits per heavy atom. The maximum Gasteiger partial charge on any atom is 0.0208 e. The SMILES string of the molecule is CC1CN(CC2CNCc3ccccc32)CCN1C. The van der Waals surface area contributed by atoms with Crippen molar-refractivity contribution in [3.8, 4) is 0 Å². The monoisotopic (exact) mass is 259 g/mol. The Kier molecular flexibility index (Phi) is 3.87. The van der Waals surface area contributed by atoms with Gasteiger partial charge in [-0.3, -0.25) is 4.90 Å². The largest absolute Gasteiger partial charge is 0.312 e. The number of fused-ring (bicyclic) bond motifs is 1. The smallest absolute Gasteiger partial charge is 0.0208 e. The van der Waals surface area contributed by atoms with E-state index in [2.05, 4.69) is 53.4 Å². The first-order valence-electron chi connectivity index (χ1n) is 7.45. The zero-order valence-corrected chi connectivity index (χ0v) is 12.1. The molecule has 1 aromatic rings. The van der Waals surface area contributed by atoms with Gasteiger partial charge >= 0.3 is 0 Å².